The van der Waals surface area contributed by atoms with Crippen LogP contribution in [-0.2, 0) is 0 Å². The Balaban J connectivity index is 3.12. The average Bonchev–Trinajstić information content (AvgIpc) is 1.87. The molecule has 60 valence electrons. The first-order valence-electron chi connectivity index (χ1n) is 3.88. The van der Waals surface area contributed by atoms with Gasteiger partial charge in [-0.2, -0.15) is 0 Å². The maximum atomic E-state index is 3.93. The fourth-order valence-electron chi connectivity index (χ4n) is 0.810. The van der Waals surface area contributed by atoms with Crippen LogP contribution in [0.25, 0.3) is 0 Å². The standard InChI is InChI=1S/C9H18S/c1-8(2)6-5-7-9(3)10-4/h8H,3,5-7H2,1-2,4H3. The van der Waals surface area contributed by atoms with Crippen molar-refractivity contribution in [2.24, 2.45) is 5.92 Å². The lowest BCUT2D eigenvalue weighted by atomic mass is 10.1. The molecule has 0 unspecified atom stereocenters. The van der Waals surface area contributed by atoms with Gasteiger partial charge in [0.05, 0.1) is 0 Å². The molecule has 0 aromatic carbocycles. The van der Waals surface area contributed by atoms with Gasteiger partial charge in [0, 0.05) is 0 Å². The summed E-state index contributed by atoms with van der Waals surface area (Å²) in [6.07, 6.45) is 5.92. The quantitative estimate of drug-likeness (QED) is 0.588. The normalized spacial score (nSPS) is 10.4. The number of rotatable bonds is 5. The van der Waals surface area contributed by atoms with Crippen molar-refractivity contribution in [3.63, 3.8) is 0 Å². The first kappa shape index (κ1) is 10.1. The third-order valence-electron chi connectivity index (χ3n) is 1.53. The van der Waals surface area contributed by atoms with E-state index in [0.717, 1.165) is 5.92 Å². The Morgan fingerprint density at radius 1 is 1.50 bits per heavy atom. The molecule has 0 aliphatic carbocycles. The van der Waals surface area contributed by atoms with Crippen molar-refractivity contribution in [2.75, 3.05) is 6.26 Å². The van der Waals surface area contributed by atoms with E-state index in [1.54, 1.807) is 11.8 Å². The van der Waals surface area contributed by atoms with Crippen LogP contribution in [-0.4, -0.2) is 6.26 Å². The highest BCUT2D eigenvalue weighted by Gasteiger charge is 1.95. The highest BCUT2D eigenvalue weighted by atomic mass is 32.2. The molecule has 0 nitrogen and oxygen atoms in total. The van der Waals surface area contributed by atoms with E-state index in [1.807, 2.05) is 0 Å². The van der Waals surface area contributed by atoms with Gasteiger partial charge in [-0.15, -0.1) is 11.8 Å². The van der Waals surface area contributed by atoms with Crippen molar-refractivity contribution < 1.29 is 0 Å². The van der Waals surface area contributed by atoms with E-state index in [-0.39, 0.29) is 0 Å². The lowest BCUT2D eigenvalue weighted by Crippen LogP contribution is -1.86. The molecule has 0 spiro atoms. The summed E-state index contributed by atoms with van der Waals surface area (Å²) in [5.41, 5.74) is 0. The summed E-state index contributed by atoms with van der Waals surface area (Å²) in [5, 5.41) is 0. The van der Waals surface area contributed by atoms with Crippen LogP contribution in [0.15, 0.2) is 11.5 Å². The summed E-state index contributed by atoms with van der Waals surface area (Å²) in [4.78, 5) is 1.32. The molecule has 0 amide bonds. The Labute approximate surface area is 69.1 Å². The monoisotopic (exact) mass is 158 g/mol. The largest absolute Gasteiger partial charge is 0.135 e. The zero-order valence-electron chi connectivity index (χ0n) is 7.31. The molecule has 0 heterocycles. The summed E-state index contributed by atoms with van der Waals surface area (Å²) >= 11 is 1.78. The molecule has 0 fully saturated rings. The smallest absolute Gasteiger partial charge is 0.0140 e. The first-order chi connectivity index (χ1) is 4.66. The Morgan fingerprint density at radius 3 is 2.50 bits per heavy atom. The van der Waals surface area contributed by atoms with E-state index in [1.165, 1.54) is 24.2 Å². The maximum absolute atomic E-state index is 3.93. The Morgan fingerprint density at radius 2 is 2.10 bits per heavy atom. The van der Waals surface area contributed by atoms with E-state index in [4.69, 9.17) is 0 Å². The maximum Gasteiger partial charge on any atom is -0.0140 e. The second kappa shape index (κ2) is 5.84. The molecule has 0 bridgehead atoms. The molecule has 0 N–H and O–H groups in total. The van der Waals surface area contributed by atoms with Gasteiger partial charge in [-0.05, 0) is 29.9 Å². The Bertz CT molecular complexity index is 94.9. The summed E-state index contributed by atoms with van der Waals surface area (Å²) in [6.45, 7) is 8.46. The number of hydrogen-bond acceptors (Lipinski definition) is 1. The minimum atomic E-state index is 0.842. The van der Waals surface area contributed by atoms with Crippen LogP contribution in [0.3, 0.4) is 0 Å². The van der Waals surface area contributed by atoms with Crippen LogP contribution < -0.4 is 0 Å². The zero-order chi connectivity index (χ0) is 7.98. The van der Waals surface area contributed by atoms with Crippen molar-refractivity contribution in [1.29, 1.82) is 0 Å². The molecule has 1 heteroatoms. The molecular weight excluding hydrogens is 140 g/mol. The molecule has 0 saturated heterocycles. The molecule has 0 saturated carbocycles. The zero-order valence-corrected chi connectivity index (χ0v) is 8.13. The minimum Gasteiger partial charge on any atom is -0.135 e. The fourth-order valence-corrected chi connectivity index (χ4v) is 1.16. The van der Waals surface area contributed by atoms with Crippen molar-refractivity contribution >= 4 is 11.8 Å². The second-order valence-electron chi connectivity index (χ2n) is 3.03. The number of allylic oxidation sites excluding steroid dienone is 1. The predicted molar refractivity (Wildman–Crippen MR) is 51.3 cm³/mol. The lowest BCUT2D eigenvalue weighted by Gasteiger charge is -2.03. The number of thioether (sulfide) groups is 1. The topological polar surface area (TPSA) is 0 Å². The van der Waals surface area contributed by atoms with Gasteiger partial charge in [0.1, 0.15) is 0 Å². The fraction of sp³-hybridized carbons (Fsp3) is 0.778. The van der Waals surface area contributed by atoms with Crippen LogP contribution in [0.1, 0.15) is 33.1 Å². The SMILES string of the molecule is C=C(CCCC(C)C)SC. The van der Waals surface area contributed by atoms with Crippen LogP contribution in [0.4, 0.5) is 0 Å². The van der Waals surface area contributed by atoms with Gasteiger partial charge in [-0.25, -0.2) is 0 Å². The van der Waals surface area contributed by atoms with Gasteiger partial charge in [-0.1, -0.05) is 26.8 Å². The second-order valence-corrected chi connectivity index (χ2v) is 4.01. The molecule has 0 aromatic rings. The third kappa shape index (κ3) is 6.21. The van der Waals surface area contributed by atoms with Crippen molar-refractivity contribution in [3.8, 4) is 0 Å². The average molecular weight is 158 g/mol. The van der Waals surface area contributed by atoms with E-state index >= 15 is 0 Å². The molecule has 0 aromatic heterocycles. The van der Waals surface area contributed by atoms with Gasteiger partial charge in [0.2, 0.25) is 0 Å². The summed E-state index contributed by atoms with van der Waals surface area (Å²) < 4.78 is 0. The van der Waals surface area contributed by atoms with E-state index < -0.39 is 0 Å². The van der Waals surface area contributed by atoms with Gasteiger partial charge >= 0.3 is 0 Å². The van der Waals surface area contributed by atoms with E-state index in [2.05, 4.69) is 26.7 Å². The summed E-state index contributed by atoms with van der Waals surface area (Å²) in [7, 11) is 0. The van der Waals surface area contributed by atoms with Crippen LogP contribution in [0.2, 0.25) is 0 Å². The van der Waals surface area contributed by atoms with Gasteiger partial charge in [0.15, 0.2) is 0 Å². The minimum absolute atomic E-state index is 0.842. The molecule has 0 radical (unpaired) electrons. The highest BCUT2D eigenvalue weighted by molar-refractivity contribution is 8.02. The molecule has 10 heavy (non-hydrogen) atoms. The van der Waals surface area contributed by atoms with E-state index in [9.17, 15) is 0 Å². The molecule has 0 aliphatic heterocycles. The molecule has 0 rings (SSSR count). The lowest BCUT2D eigenvalue weighted by molar-refractivity contribution is 0.559. The Hall–Kier alpha value is 0.0900. The van der Waals surface area contributed by atoms with Crippen LogP contribution >= 0.6 is 11.8 Å². The highest BCUT2D eigenvalue weighted by Crippen LogP contribution is 2.17. The Kier molecular flexibility index (Phi) is 5.90. The van der Waals surface area contributed by atoms with Crippen molar-refractivity contribution in [3.05, 3.63) is 11.5 Å². The van der Waals surface area contributed by atoms with Crippen molar-refractivity contribution in [1.82, 2.24) is 0 Å². The van der Waals surface area contributed by atoms with E-state index in [0.29, 0.717) is 0 Å². The first-order valence-corrected chi connectivity index (χ1v) is 5.11. The van der Waals surface area contributed by atoms with Gasteiger partial charge in [-0.3, -0.25) is 0 Å². The third-order valence-corrected chi connectivity index (χ3v) is 2.31. The molecule has 0 atom stereocenters. The summed E-state index contributed by atoms with van der Waals surface area (Å²) in [6, 6.07) is 0. The molecular formula is C9H18S. The van der Waals surface area contributed by atoms with Crippen LogP contribution in [0.5, 0.6) is 0 Å². The molecule has 0 aliphatic rings. The van der Waals surface area contributed by atoms with Crippen LogP contribution in [0, 0.1) is 5.92 Å². The predicted octanol–water partition coefficient (Wildman–Crippen LogP) is 3.69. The number of hydrogen-bond donors (Lipinski definition) is 0. The van der Waals surface area contributed by atoms with Gasteiger partial charge < -0.3 is 0 Å². The summed E-state index contributed by atoms with van der Waals surface area (Å²) in [5.74, 6) is 0.842. The van der Waals surface area contributed by atoms with Crippen molar-refractivity contribution in [2.45, 2.75) is 33.1 Å². The van der Waals surface area contributed by atoms with Gasteiger partial charge in [0.25, 0.3) is 0 Å².